The highest BCUT2D eigenvalue weighted by Gasteiger charge is 2.32. The molecule has 3 aliphatic rings. The van der Waals surface area contributed by atoms with Gasteiger partial charge in [-0.1, -0.05) is 0 Å². The molecule has 3 fully saturated rings. The quantitative estimate of drug-likeness (QED) is 0.389. The lowest BCUT2D eigenvalue weighted by Gasteiger charge is -2.34. The minimum atomic E-state index is 0.230. The van der Waals surface area contributed by atoms with Crippen molar-refractivity contribution >= 4 is 5.96 Å². The van der Waals surface area contributed by atoms with Crippen LogP contribution in [0.2, 0.25) is 0 Å². The molecule has 3 saturated heterocycles. The zero-order valence-corrected chi connectivity index (χ0v) is 16.5. The van der Waals surface area contributed by atoms with Gasteiger partial charge in [-0.15, -0.1) is 0 Å². The van der Waals surface area contributed by atoms with E-state index in [1.54, 1.807) is 7.11 Å². The molecule has 0 aromatic rings. The fraction of sp³-hybridized carbons (Fsp3) is 0.947. The van der Waals surface area contributed by atoms with E-state index in [1.807, 2.05) is 0 Å². The van der Waals surface area contributed by atoms with Crippen molar-refractivity contribution in [3.63, 3.8) is 0 Å². The van der Waals surface area contributed by atoms with Crippen LogP contribution in [0.15, 0.2) is 4.99 Å². The third-order valence-corrected chi connectivity index (χ3v) is 5.61. The van der Waals surface area contributed by atoms with Gasteiger partial charge in [0.15, 0.2) is 5.96 Å². The third-order valence-electron chi connectivity index (χ3n) is 5.61. The van der Waals surface area contributed by atoms with Crippen molar-refractivity contribution in [3.8, 4) is 0 Å². The van der Waals surface area contributed by atoms with Crippen LogP contribution in [0.5, 0.6) is 0 Å². The SMILES string of the molecule is CCNC(=NCC1CN2CCCC2CO1)N1CCC(COCCOC)C1. The Balaban J connectivity index is 1.45. The lowest BCUT2D eigenvalue weighted by molar-refractivity contribution is -0.0432. The Kier molecular flexibility index (Phi) is 7.98. The lowest BCUT2D eigenvalue weighted by Crippen LogP contribution is -2.48. The summed E-state index contributed by atoms with van der Waals surface area (Å²) in [7, 11) is 1.71. The maximum absolute atomic E-state index is 6.05. The number of aliphatic imine (C=N–C) groups is 1. The van der Waals surface area contributed by atoms with Gasteiger partial charge in [-0.05, 0) is 32.7 Å². The van der Waals surface area contributed by atoms with Crippen LogP contribution in [0, 0.1) is 5.92 Å². The summed E-state index contributed by atoms with van der Waals surface area (Å²) in [6.07, 6.45) is 4.00. The number of guanidine groups is 1. The number of nitrogens with one attached hydrogen (secondary N) is 1. The summed E-state index contributed by atoms with van der Waals surface area (Å²) in [5, 5.41) is 3.45. The standard InChI is InChI=1S/C19H36N4O3/c1-3-20-19(23-8-6-16(12-23)14-25-10-9-24-2)21-11-18-13-22-7-4-5-17(22)15-26-18/h16-18H,3-15H2,1-2H3,(H,20,21). The summed E-state index contributed by atoms with van der Waals surface area (Å²) in [5.41, 5.74) is 0. The highest BCUT2D eigenvalue weighted by Crippen LogP contribution is 2.23. The van der Waals surface area contributed by atoms with Gasteiger partial charge in [-0.3, -0.25) is 9.89 Å². The van der Waals surface area contributed by atoms with Crippen LogP contribution < -0.4 is 5.32 Å². The Labute approximate surface area is 158 Å². The van der Waals surface area contributed by atoms with Crippen molar-refractivity contribution in [2.45, 2.75) is 38.3 Å². The first-order chi connectivity index (χ1) is 12.8. The molecule has 0 amide bonds. The number of morpholine rings is 1. The fourth-order valence-corrected chi connectivity index (χ4v) is 4.16. The van der Waals surface area contributed by atoms with Crippen molar-refractivity contribution in [1.29, 1.82) is 0 Å². The molecule has 3 unspecified atom stereocenters. The van der Waals surface area contributed by atoms with Crippen molar-refractivity contribution in [2.24, 2.45) is 10.9 Å². The van der Waals surface area contributed by atoms with E-state index >= 15 is 0 Å². The highest BCUT2D eigenvalue weighted by atomic mass is 16.5. The fourth-order valence-electron chi connectivity index (χ4n) is 4.16. The summed E-state index contributed by atoms with van der Waals surface area (Å²) in [5.74, 6) is 1.60. The van der Waals surface area contributed by atoms with E-state index in [0.717, 1.165) is 58.3 Å². The van der Waals surface area contributed by atoms with E-state index in [2.05, 4.69) is 22.0 Å². The Morgan fingerprint density at radius 2 is 2.15 bits per heavy atom. The number of rotatable bonds is 8. The monoisotopic (exact) mass is 368 g/mol. The van der Waals surface area contributed by atoms with Crippen LogP contribution in [0.4, 0.5) is 0 Å². The molecule has 7 heteroatoms. The van der Waals surface area contributed by atoms with Crippen LogP contribution in [0.25, 0.3) is 0 Å². The maximum Gasteiger partial charge on any atom is 0.194 e. The molecule has 0 aromatic heterocycles. The number of likely N-dealkylation sites (tertiary alicyclic amines) is 1. The van der Waals surface area contributed by atoms with Crippen LogP contribution >= 0.6 is 0 Å². The zero-order valence-electron chi connectivity index (χ0n) is 16.5. The molecule has 3 heterocycles. The minimum absolute atomic E-state index is 0.230. The van der Waals surface area contributed by atoms with Crippen molar-refractivity contribution in [3.05, 3.63) is 0 Å². The highest BCUT2D eigenvalue weighted by molar-refractivity contribution is 5.80. The number of nitrogens with zero attached hydrogens (tertiary/aromatic N) is 3. The first kappa shape index (κ1) is 19.9. The first-order valence-corrected chi connectivity index (χ1v) is 10.3. The normalized spacial score (nSPS) is 30.0. The molecular formula is C19H36N4O3. The summed E-state index contributed by atoms with van der Waals surface area (Å²) in [4.78, 5) is 9.85. The van der Waals surface area contributed by atoms with Gasteiger partial charge in [-0.25, -0.2) is 0 Å². The third kappa shape index (κ3) is 5.55. The second-order valence-corrected chi connectivity index (χ2v) is 7.61. The molecule has 1 N–H and O–H groups in total. The Morgan fingerprint density at radius 1 is 1.23 bits per heavy atom. The van der Waals surface area contributed by atoms with Gasteiger partial charge in [0.1, 0.15) is 0 Å². The maximum atomic E-state index is 6.05. The van der Waals surface area contributed by atoms with Crippen molar-refractivity contribution < 1.29 is 14.2 Å². The second-order valence-electron chi connectivity index (χ2n) is 7.61. The predicted molar refractivity (Wildman–Crippen MR) is 103 cm³/mol. The number of hydrogen-bond acceptors (Lipinski definition) is 5. The van der Waals surface area contributed by atoms with E-state index < -0.39 is 0 Å². The van der Waals surface area contributed by atoms with Gasteiger partial charge >= 0.3 is 0 Å². The molecule has 0 bridgehead atoms. The largest absolute Gasteiger partial charge is 0.382 e. The predicted octanol–water partition coefficient (Wildman–Crippen LogP) is 0.800. The number of fused-ring (bicyclic) bond motifs is 1. The van der Waals surface area contributed by atoms with Crippen molar-refractivity contribution in [2.75, 3.05) is 72.8 Å². The van der Waals surface area contributed by atoms with Gasteiger partial charge in [0.25, 0.3) is 0 Å². The summed E-state index contributed by atoms with van der Waals surface area (Å²) in [6.45, 7) is 11.1. The van der Waals surface area contributed by atoms with Crippen molar-refractivity contribution in [1.82, 2.24) is 15.1 Å². The molecule has 0 aromatic carbocycles. The van der Waals surface area contributed by atoms with Crippen LogP contribution in [-0.2, 0) is 14.2 Å². The van der Waals surface area contributed by atoms with Crippen LogP contribution in [0.1, 0.15) is 26.2 Å². The molecular weight excluding hydrogens is 332 g/mol. The van der Waals surface area contributed by atoms with Gasteiger partial charge in [0.05, 0.1) is 39.1 Å². The van der Waals surface area contributed by atoms with Gasteiger partial charge < -0.3 is 24.4 Å². The average molecular weight is 369 g/mol. The van der Waals surface area contributed by atoms with Crippen LogP contribution in [0.3, 0.4) is 0 Å². The van der Waals surface area contributed by atoms with E-state index in [0.29, 0.717) is 25.2 Å². The van der Waals surface area contributed by atoms with Gasteiger partial charge in [0, 0.05) is 45.2 Å². The smallest absolute Gasteiger partial charge is 0.194 e. The van der Waals surface area contributed by atoms with Gasteiger partial charge in [0.2, 0.25) is 0 Å². The Morgan fingerprint density at radius 3 is 3.00 bits per heavy atom. The van der Waals surface area contributed by atoms with E-state index in [9.17, 15) is 0 Å². The average Bonchev–Trinajstić information content (AvgIpc) is 3.31. The molecule has 3 atom stereocenters. The number of ether oxygens (including phenoxy) is 3. The molecule has 7 nitrogen and oxygen atoms in total. The van der Waals surface area contributed by atoms with Gasteiger partial charge in [-0.2, -0.15) is 0 Å². The summed E-state index contributed by atoms with van der Waals surface area (Å²) >= 11 is 0. The molecule has 26 heavy (non-hydrogen) atoms. The molecule has 0 spiro atoms. The van der Waals surface area contributed by atoms with E-state index in [-0.39, 0.29) is 6.10 Å². The lowest BCUT2D eigenvalue weighted by atomic mass is 10.1. The van der Waals surface area contributed by atoms with E-state index in [4.69, 9.17) is 19.2 Å². The van der Waals surface area contributed by atoms with E-state index in [1.165, 1.54) is 19.4 Å². The molecule has 0 radical (unpaired) electrons. The summed E-state index contributed by atoms with van der Waals surface area (Å²) in [6, 6.07) is 0.654. The molecule has 0 saturated carbocycles. The number of methoxy groups -OCH3 is 1. The molecule has 150 valence electrons. The molecule has 3 aliphatic heterocycles. The topological polar surface area (TPSA) is 58.6 Å². The Bertz CT molecular complexity index is 449. The zero-order chi connectivity index (χ0) is 18.2. The van der Waals surface area contributed by atoms with Crippen LogP contribution in [-0.4, -0.2) is 101 Å². The molecule has 3 rings (SSSR count). The minimum Gasteiger partial charge on any atom is -0.382 e. The summed E-state index contributed by atoms with van der Waals surface area (Å²) < 4.78 is 16.8. The molecule has 0 aliphatic carbocycles. The Hall–Kier alpha value is -0.890. The second kappa shape index (κ2) is 10.4. The first-order valence-electron chi connectivity index (χ1n) is 10.3. The number of hydrogen-bond donors (Lipinski definition) is 1.